The zero-order valence-corrected chi connectivity index (χ0v) is 16.1. The molecule has 0 aliphatic carbocycles. The topological polar surface area (TPSA) is 64.0 Å². The molecule has 0 unspecified atom stereocenters. The molecule has 1 aliphatic heterocycles. The molecular formula is C20H20ClN5O. The fourth-order valence-corrected chi connectivity index (χ4v) is 3.36. The molecule has 0 radical (unpaired) electrons. The molecule has 0 bridgehead atoms. The van der Waals surface area contributed by atoms with Gasteiger partial charge in [-0.1, -0.05) is 11.6 Å². The van der Waals surface area contributed by atoms with Gasteiger partial charge in [-0.25, -0.2) is 19.9 Å². The lowest BCUT2D eigenvalue weighted by Crippen LogP contribution is -2.19. The van der Waals surface area contributed by atoms with Crippen molar-refractivity contribution < 1.29 is 4.74 Å². The van der Waals surface area contributed by atoms with Gasteiger partial charge in [-0.05, 0) is 44.1 Å². The second kappa shape index (κ2) is 7.48. The van der Waals surface area contributed by atoms with E-state index in [1.807, 2.05) is 43.3 Å². The lowest BCUT2D eigenvalue weighted by molar-refractivity contribution is 0.415. The Morgan fingerprint density at radius 2 is 1.81 bits per heavy atom. The predicted molar refractivity (Wildman–Crippen MR) is 108 cm³/mol. The first-order valence-electron chi connectivity index (χ1n) is 8.92. The predicted octanol–water partition coefficient (Wildman–Crippen LogP) is 4.16. The van der Waals surface area contributed by atoms with Gasteiger partial charge in [0.1, 0.15) is 16.7 Å². The highest BCUT2D eigenvalue weighted by atomic mass is 35.5. The third kappa shape index (κ3) is 3.85. The molecule has 1 aromatic carbocycles. The summed E-state index contributed by atoms with van der Waals surface area (Å²) in [4.78, 5) is 20.5. The number of hydrogen-bond donors (Lipinski definition) is 0. The Morgan fingerprint density at radius 3 is 2.59 bits per heavy atom. The number of halogens is 1. The average Bonchev–Trinajstić information content (AvgIpc) is 3.20. The van der Waals surface area contributed by atoms with E-state index in [-0.39, 0.29) is 0 Å². The van der Waals surface area contributed by atoms with Crippen LogP contribution in [0.1, 0.15) is 30.1 Å². The first-order chi connectivity index (χ1) is 13.1. The SMILES string of the molecule is COc1ccc2nc(C)c(C=Cc3nc(Cl)cc(N4CCCC4)n3)nc2c1. The molecule has 0 N–H and O–H groups in total. The van der Waals surface area contributed by atoms with E-state index in [2.05, 4.69) is 19.9 Å². The third-order valence-corrected chi connectivity index (χ3v) is 4.79. The average molecular weight is 382 g/mol. The maximum atomic E-state index is 6.20. The maximum Gasteiger partial charge on any atom is 0.156 e. The number of benzene rings is 1. The molecule has 2 aromatic heterocycles. The van der Waals surface area contributed by atoms with Crippen LogP contribution in [0.4, 0.5) is 5.82 Å². The molecule has 27 heavy (non-hydrogen) atoms. The summed E-state index contributed by atoms with van der Waals surface area (Å²) in [5.74, 6) is 2.19. The molecule has 1 aliphatic rings. The van der Waals surface area contributed by atoms with Gasteiger partial charge >= 0.3 is 0 Å². The second-order valence-electron chi connectivity index (χ2n) is 6.48. The molecule has 4 rings (SSSR count). The summed E-state index contributed by atoms with van der Waals surface area (Å²) in [6.45, 7) is 3.95. The number of hydrogen-bond acceptors (Lipinski definition) is 6. The number of aryl methyl sites for hydroxylation is 1. The van der Waals surface area contributed by atoms with Crippen molar-refractivity contribution in [2.24, 2.45) is 0 Å². The van der Waals surface area contributed by atoms with Crippen molar-refractivity contribution in [3.05, 3.63) is 46.6 Å². The minimum atomic E-state index is 0.442. The van der Waals surface area contributed by atoms with E-state index in [0.29, 0.717) is 11.0 Å². The highest BCUT2D eigenvalue weighted by Gasteiger charge is 2.15. The number of ether oxygens (including phenoxy) is 1. The Bertz CT molecular complexity index is 1010. The van der Waals surface area contributed by atoms with Crippen LogP contribution >= 0.6 is 11.6 Å². The van der Waals surface area contributed by atoms with E-state index in [0.717, 1.165) is 47.1 Å². The number of anilines is 1. The van der Waals surface area contributed by atoms with Crippen molar-refractivity contribution in [3.8, 4) is 5.75 Å². The van der Waals surface area contributed by atoms with Crippen LogP contribution in [0.3, 0.4) is 0 Å². The Hall–Kier alpha value is -2.73. The summed E-state index contributed by atoms with van der Waals surface area (Å²) in [5, 5.41) is 0.442. The van der Waals surface area contributed by atoms with Crippen molar-refractivity contribution in [2.45, 2.75) is 19.8 Å². The lowest BCUT2D eigenvalue weighted by atomic mass is 10.2. The number of methoxy groups -OCH3 is 1. The van der Waals surface area contributed by atoms with Gasteiger partial charge in [0.05, 0.1) is 29.5 Å². The maximum absolute atomic E-state index is 6.20. The van der Waals surface area contributed by atoms with E-state index < -0.39 is 0 Å². The van der Waals surface area contributed by atoms with Crippen LogP contribution in [0.2, 0.25) is 5.15 Å². The first-order valence-corrected chi connectivity index (χ1v) is 9.30. The standard InChI is InChI=1S/C20H20ClN5O/c1-13-15(23-17-11-14(27-2)5-6-16(17)22-13)7-8-19-24-18(21)12-20(25-19)26-9-3-4-10-26/h5-8,11-12H,3-4,9-10H2,1-2H3. The number of rotatable bonds is 4. The molecule has 3 aromatic rings. The normalized spacial score (nSPS) is 14.4. The van der Waals surface area contributed by atoms with Crippen molar-refractivity contribution in [3.63, 3.8) is 0 Å². The molecule has 0 saturated carbocycles. The highest BCUT2D eigenvalue weighted by molar-refractivity contribution is 6.29. The Balaban J connectivity index is 1.66. The number of nitrogens with zero attached hydrogens (tertiary/aromatic N) is 5. The van der Waals surface area contributed by atoms with Crippen molar-refractivity contribution in [1.82, 2.24) is 19.9 Å². The van der Waals surface area contributed by atoms with Gasteiger partial charge in [0.15, 0.2) is 5.82 Å². The fourth-order valence-electron chi connectivity index (χ4n) is 3.18. The summed E-state index contributed by atoms with van der Waals surface area (Å²) in [7, 11) is 1.64. The molecule has 1 fully saturated rings. The highest BCUT2D eigenvalue weighted by Crippen LogP contribution is 2.22. The summed E-state index contributed by atoms with van der Waals surface area (Å²) < 4.78 is 5.27. The van der Waals surface area contributed by atoms with Crippen LogP contribution in [0.15, 0.2) is 24.3 Å². The Labute approximate surface area is 162 Å². The van der Waals surface area contributed by atoms with Gasteiger partial charge < -0.3 is 9.64 Å². The van der Waals surface area contributed by atoms with Gasteiger partial charge in [-0.2, -0.15) is 0 Å². The summed E-state index contributed by atoms with van der Waals surface area (Å²) in [6, 6.07) is 7.48. The van der Waals surface area contributed by atoms with Crippen LogP contribution in [0.5, 0.6) is 5.75 Å². The monoisotopic (exact) mass is 381 g/mol. The molecule has 0 atom stereocenters. The molecule has 7 heteroatoms. The molecule has 0 spiro atoms. The molecule has 1 saturated heterocycles. The second-order valence-corrected chi connectivity index (χ2v) is 6.87. The summed E-state index contributed by atoms with van der Waals surface area (Å²) in [6.07, 6.45) is 6.07. The van der Waals surface area contributed by atoms with Gasteiger partial charge in [-0.3, -0.25) is 0 Å². The molecule has 3 heterocycles. The summed E-state index contributed by atoms with van der Waals surface area (Å²) >= 11 is 6.20. The Morgan fingerprint density at radius 1 is 1.00 bits per heavy atom. The van der Waals surface area contributed by atoms with E-state index in [1.54, 1.807) is 7.11 Å². The molecular weight excluding hydrogens is 362 g/mol. The molecule has 138 valence electrons. The zero-order valence-electron chi connectivity index (χ0n) is 15.3. The largest absolute Gasteiger partial charge is 0.497 e. The Kier molecular flexibility index (Phi) is 4.90. The smallest absolute Gasteiger partial charge is 0.156 e. The van der Waals surface area contributed by atoms with E-state index in [4.69, 9.17) is 21.3 Å². The van der Waals surface area contributed by atoms with Crippen LogP contribution < -0.4 is 9.64 Å². The van der Waals surface area contributed by atoms with Gasteiger partial charge in [-0.15, -0.1) is 0 Å². The van der Waals surface area contributed by atoms with Crippen LogP contribution in [0.25, 0.3) is 23.2 Å². The first kappa shape index (κ1) is 17.7. The lowest BCUT2D eigenvalue weighted by Gasteiger charge is -2.16. The van der Waals surface area contributed by atoms with E-state index in [9.17, 15) is 0 Å². The molecule has 0 amide bonds. The minimum Gasteiger partial charge on any atom is -0.497 e. The van der Waals surface area contributed by atoms with E-state index in [1.165, 1.54) is 12.8 Å². The van der Waals surface area contributed by atoms with Crippen LogP contribution in [-0.2, 0) is 0 Å². The number of aromatic nitrogens is 4. The van der Waals surface area contributed by atoms with Crippen LogP contribution in [-0.4, -0.2) is 40.1 Å². The quantitative estimate of drug-likeness (QED) is 0.632. The van der Waals surface area contributed by atoms with Gasteiger partial charge in [0.25, 0.3) is 0 Å². The van der Waals surface area contributed by atoms with Gasteiger partial charge in [0.2, 0.25) is 0 Å². The van der Waals surface area contributed by atoms with Crippen molar-refractivity contribution >= 4 is 40.6 Å². The minimum absolute atomic E-state index is 0.442. The van der Waals surface area contributed by atoms with E-state index >= 15 is 0 Å². The van der Waals surface area contributed by atoms with Crippen molar-refractivity contribution in [2.75, 3.05) is 25.1 Å². The molecule has 6 nitrogen and oxygen atoms in total. The van der Waals surface area contributed by atoms with Crippen molar-refractivity contribution in [1.29, 1.82) is 0 Å². The van der Waals surface area contributed by atoms with Crippen LogP contribution in [0, 0.1) is 6.92 Å². The zero-order chi connectivity index (χ0) is 18.8. The third-order valence-electron chi connectivity index (χ3n) is 4.60. The summed E-state index contributed by atoms with van der Waals surface area (Å²) in [5.41, 5.74) is 3.22. The fraction of sp³-hybridized carbons (Fsp3) is 0.300. The van der Waals surface area contributed by atoms with Gasteiger partial charge in [0, 0.05) is 25.2 Å². The number of fused-ring (bicyclic) bond motifs is 1.